The SMILES string of the molecule is C[C@@H](N)CC(=O)NC(C)(C)C. The van der Waals surface area contributed by atoms with E-state index in [1.165, 1.54) is 0 Å². The fourth-order valence-electron chi connectivity index (χ4n) is 0.762. The number of hydrogen-bond acceptors (Lipinski definition) is 2. The minimum atomic E-state index is -0.147. The van der Waals surface area contributed by atoms with Crippen LogP contribution in [0.25, 0.3) is 0 Å². The highest BCUT2D eigenvalue weighted by Crippen LogP contribution is 1.99. The monoisotopic (exact) mass is 158 g/mol. The van der Waals surface area contributed by atoms with E-state index in [9.17, 15) is 4.79 Å². The Hall–Kier alpha value is -0.570. The smallest absolute Gasteiger partial charge is 0.221 e. The van der Waals surface area contributed by atoms with Crippen LogP contribution in [0, 0.1) is 0 Å². The van der Waals surface area contributed by atoms with Crippen molar-refractivity contribution in [3.8, 4) is 0 Å². The number of nitrogens with two attached hydrogens (primary N) is 1. The Morgan fingerprint density at radius 1 is 1.55 bits per heavy atom. The van der Waals surface area contributed by atoms with Gasteiger partial charge < -0.3 is 11.1 Å². The first-order chi connectivity index (χ1) is 4.81. The summed E-state index contributed by atoms with van der Waals surface area (Å²) >= 11 is 0. The summed E-state index contributed by atoms with van der Waals surface area (Å²) in [5.41, 5.74) is 5.30. The molecular weight excluding hydrogens is 140 g/mol. The van der Waals surface area contributed by atoms with Crippen molar-refractivity contribution in [2.45, 2.75) is 45.7 Å². The first-order valence-corrected chi connectivity index (χ1v) is 3.88. The molecule has 0 spiro atoms. The molecule has 0 heterocycles. The molecule has 1 amide bonds. The average molecular weight is 158 g/mol. The van der Waals surface area contributed by atoms with Crippen LogP contribution in [0.15, 0.2) is 0 Å². The van der Waals surface area contributed by atoms with Crippen LogP contribution in [0.3, 0.4) is 0 Å². The van der Waals surface area contributed by atoms with Crippen LogP contribution in [0.2, 0.25) is 0 Å². The highest BCUT2D eigenvalue weighted by Gasteiger charge is 2.13. The summed E-state index contributed by atoms with van der Waals surface area (Å²) in [6.07, 6.45) is 0.400. The Morgan fingerprint density at radius 3 is 2.27 bits per heavy atom. The minimum absolute atomic E-state index is 0.0208. The van der Waals surface area contributed by atoms with E-state index in [0.29, 0.717) is 6.42 Å². The molecule has 0 fully saturated rings. The van der Waals surface area contributed by atoms with Gasteiger partial charge in [0.15, 0.2) is 0 Å². The minimum Gasteiger partial charge on any atom is -0.351 e. The quantitative estimate of drug-likeness (QED) is 0.619. The lowest BCUT2D eigenvalue weighted by molar-refractivity contribution is -0.122. The lowest BCUT2D eigenvalue weighted by Crippen LogP contribution is -2.42. The molecule has 0 unspecified atom stereocenters. The molecule has 11 heavy (non-hydrogen) atoms. The molecule has 0 aliphatic carbocycles. The third-order valence-corrected chi connectivity index (χ3v) is 1.02. The molecule has 0 aliphatic rings. The molecule has 3 nitrogen and oxygen atoms in total. The molecule has 0 radical (unpaired) electrons. The molecule has 66 valence electrons. The molecule has 0 saturated carbocycles. The van der Waals surface area contributed by atoms with Crippen LogP contribution >= 0.6 is 0 Å². The van der Waals surface area contributed by atoms with E-state index < -0.39 is 0 Å². The van der Waals surface area contributed by atoms with Gasteiger partial charge in [-0.1, -0.05) is 0 Å². The summed E-state index contributed by atoms with van der Waals surface area (Å²) in [6.45, 7) is 7.67. The van der Waals surface area contributed by atoms with Crippen LogP contribution in [0.5, 0.6) is 0 Å². The second-order valence-electron chi connectivity index (χ2n) is 3.98. The number of nitrogens with one attached hydrogen (secondary N) is 1. The van der Waals surface area contributed by atoms with Gasteiger partial charge in [0.2, 0.25) is 5.91 Å². The van der Waals surface area contributed by atoms with Crippen molar-refractivity contribution < 1.29 is 4.79 Å². The molecule has 0 bridgehead atoms. The van der Waals surface area contributed by atoms with E-state index in [1.807, 2.05) is 27.7 Å². The molecule has 0 aliphatic heterocycles. The summed E-state index contributed by atoms with van der Waals surface area (Å²) in [5.74, 6) is 0.0208. The van der Waals surface area contributed by atoms with Gasteiger partial charge in [-0.2, -0.15) is 0 Å². The predicted octanol–water partition coefficient (Wildman–Crippen LogP) is 0.638. The van der Waals surface area contributed by atoms with Gasteiger partial charge in [0.1, 0.15) is 0 Å². The Bertz CT molecular complexity index is 136. The normalized spacial score (nSPS) is 14.3. The van der Waals surface area contributed by atoms with Crippen LogP contribution in [-0.4, -0.2) is 17.5 Å². The van der Waals surface area contributed by atoms with E-state index in [0.717, 1.165) is 0 Å². The lowest BCUT2D eigenvalue weighted by atomic mass is 10.1. The maximum atomic E-state index is 11.1. The van der Waals surface area contributed by atoms with Crippen molar-refractivity contribution in [2.75, 3.05) is 0 Å². The highest BCUT2D eigenvalue weighted by atomic mass is 16.1. The van der Waals surface area contributed by atoms with Gasteiger partial charge in [0.25, 0.3) is 0 Å². The molecule has 0 rings (SSSR count). The summed E-state index contributed by atoms with van der Waals surface area (Å²) in [5, 5.41) is 2.83. The number of hydrogen-bond donors (Lipinski definition) is 2. The third-order valence-electron chi connectivity index (χ3n) is 1.02. The van der Waals surface area contributed by atoms with Crippen LogP contribution in [-0.2, 0) is 4.79 Å². The van der Waals surface area contributed by atoms with Crippen molar-refractivity contribution in [3.63, 3.8) is 0 Å². The number of amides is 1. The topological polar surface area (TPSA) is 55.1 Å². The molecular formula is C8H18N2O. The van der Waals surface area contributed by atoms with Gasteiger partial charge in [0, 0.05) is 18.0 Å². The Balaban J connectivity index is 3.71. The first-order valence-electron chi connectivity index (χ1n) is 3.88. The molecule has 0 aromatic carbocycles. The van der Waals surface area contributed by atoms with Gasteiger partial charge >= 0.3 is 0 Å². The second-order valence-corrected chi connectivity index (χ2v) is 3.98. The number of rotatable bonds is 2. The van der Waals surface area contributed by atoms with E-state index in [1.54, 1.807) is 0 Å². The first kappa shape index (κ1) is 10.4. The summed E-state index contributed by atoms with van der Waals surface area (Å²) in [6, 6.07) is -0.0580. The summed E-state index contributed by atoms with van der Waals surface area (Å²) in [7, 11) is 0. The standard InChI is InChI=1S/C8H18N2O/c1-6(9)5-7(11)10-8(2,3)4/h6H,5,9H2,1-4H3,(H,10,11)/t6-/m1/s1. The van der Waals surface area contributed by atoms with Crippen molar-refractivity contribution in [1.82, 2.24) is 5.32 Å². The predicted molar refractivity (Wildman–Crippen MR) is 46.2 cm³/mol. The molecule has 0 aromatic rings. The van der Waals surface area contributed by atoms with Gasteiger partial charge in [0.05, 0.1) is 0 Å². The fourth-order valence-corrected chi connectivity index (χ4v) is 0.762. The molecule has 0 aromatic heterocycles. The average Bonchev–Trinajstić information content (AvgIpc) is 1.53. The van der Waals surface area contributed by atoms with Crippen molar-refractivity contribution in [1.29, 1.82) is 0 Å². The largest absolute Gasteiger partial charge is 0.351 e. The Morgan fingerprint density at radius 2 is 2.00 bits per heavy atom. The maximum Gasteiger partial charge on any atom is 0.221 e. The second kappa shape index (κ2) is 3.72. The summed E-state index contributed by atoms with van der Waals surface area (Å²) in [4.78, 5) is 11.1. The van der Waals surface area contributed by atoms with Crippen molar-refractivity contribution in [2.24, 2.45) is 5.73 Å². The van der Waals surface area contributed by atoms with Gasteiger partial charge in [-0.15, -0.1) is 0 Å². The van der Waals surface area contributed by atoms with Gasteiger partial charge in [-0.25, -0.2) is 0 Å². The van der Waals surface area contributed by atoms with Crippen molar-refractivity contribution in [3.05, 3.63) is 0 Å². The van der Waals surface area contributed by atoms with E-state index in [-0.39, 0.29) is 17.5 Å². The highest BCUT2D eigenvalue weighted by molar-refractivity contribution is 5.77. The zero-order valence-corrected chi connectivity index (χ0v) is 7.77. The zero-order chi connectivity index (χ0) is 9.07. The molecule has 3 N–H and O–H groups in total. The van der Waals surface area contributed by atoms with E-state index >= 15 is 0 Å². The van der Waals surface area contributed by atoms with Crippen LogP contribution in [0.1, 0.15) is 34.1 Å². The third kappa shape index (κ3) is 7.33. The zero-order valence-electron chi connectivity index (χ0n) is 7.77. The van der Waals surface area contributed by atoms with E-state index in [4.69, 9.17) is 5.73 Å². The Labute approximate surface area is 68.3 Å². The van der Waals surface area contributed by atoms with Crippen LogP contribution < -0.4 is 11.1 Å². The van der Waals surface area contributed by atoms with E-state index in [2.05, 4.69) is 5.32 Å². The fraction of sp³-hybridized carbons (Fsp3) is 0.875. The van der Waals surface area contributed by atoms with Crippen molar-refractivity contribution >= 4 is 5.91 Å². The lowest BCUT2D eigenvalue weighted by Gasteiger charge is -2.20. The number of carbonyl (C=O) groups is 1. The number of carbonyl (C=O) groups excluding carboxylic acids is 1. The van der Waals surface area contributed by atoms with Crippen LogP contribution in [0.4, 0.5) is 0 Å². The molecule has 3 heteroatoms. The molecule has 1 atom stereocenters. The van der Waals surface area contributed by atoms with Gasteiger partial charge in [-0.3, -0.25) is 4.79 Å². The summed E-state index contributed by atoms with van der Waals surface area (Å²) < 4.78 is 0. The Kier molecular flexibility index (Phi) is 3.52. The molecule has 0 saturated heterocycles. The van der Waals surface area contributed by atoms with Gasteiger partial charge in [-0.05, 0) is 27.7 Å². The maximum absolute atomic E-state index is 11.1.